The van der Waals surface area contributed by atoms with Crippen LogP contribution in [0.5, 0.6) is 5.88 Å². The Hall–Kier alpha value is -1.82. The highest BCUT2D eigenvalue weighted by atomic mass is 16.5. The van der Waals surface area contributed by atoms with Gasteiger partial charge in [0, 0.05) is 31.5 Å². The fourth-order valence-electron chi connectivity index (χ4n) is 2.34. The molecule has 1 rings (SSSR count). The topological polar surface area (TPSA) is 67.8 Å². The van der Waals surface area contributed by atoms with E-state index in [1.165, 1.54) is 6.42 Å². The molecular formula is C20H36N4O2. The zero-order valence-corrected chi connectivity index (χ0v) is 17.3. The lowest BCUT2D eigenvalue weighted by atomic mass is 9.89. The minimum atomic E-state index is 0.343. The number of hydrogen-bond acceptors (Lipinski definition) is 4. The highest BCUT2D eigenvalue weighted by Crippen LogP contribution is 2.21. The first-order chi connectivity index (χ1) is 12.4. The van der Waals surface area contributed by atoms with Gasteiger partial charge in [-0.1, -0.05) is 26.8 Å². The van der Waals surface area contributed by atoms with E-state index in [0.717, 1.165) is 24.5 Å². The van der Waals surface area contributed by atoms with Gasteiger partial charge in [0.1, 0.15) is 6.61 Å². The number of methoxy groups -OCH3 is 1. The molecule has 0 aliphatic heterocycles. The maximum absolute atomic E-state index is 5.68. The molecule has 1 heterocycles. The van der Waals surface area contributed by atoms with Gasteiger partial charge >= 0.3 is 0 Å². The zero-order chi connectivity index (χ0) is 19.4. The van der Waals surface area contributed by atoms with Crippen LogP contribution in [0.15, 0.2) is 23.3 Å². The largest absolute Gasteiger partial charge is 0.475 e. The number of pyridine rings is 1. The summed E-state index contributed by atoms with van der Waals surface area (Å²) in [7, 11) is 1.65. The summed E-state index contributed by atoms with van der Waals surface area (Å²) in [5, 5.41) is 6.80. The van der Waals surface area contributed by atoms with E-state index in [1.807, 2.05) is 12.1 Å². The van der Waals surface area contributed by atoms with Crippen LogP contribution < -0.4 is 15.4 Å². The van der Waals surface area contributed by atoms with Gasteiger partial charge in [0.05, 0.1) is 13.2 Å². The first-order valence-corrected chi connectivity index (χ1v) is 9.46. The number of aliphatic imine (C=N–C) groups is 1. The molecule has 148 valence electrons. The summed E-state index contributed by atoms with van der Waals surface area (Å²) in [6.45, 7) is 13.4. The molecule has 1 atom stereocenters. The highest BCUT2D eigenvalue weighted by molar-refractivity contribution is 5.80. The van der Waals surface area contributed by atoms with Gasteiger partial charge in [-0.05, 0) is 38.2 Å². The van der Waals surface area contributed by atoms with Crippen LogP contribution in [0.1, 0.15) is 53.0 Å². The quantitative estimate of drug-likeness (QED) is 0.378. The Balaban J connectivity index is 2.68. The van der Waals surface area contributed by atoms with Crippen LogP contribution in [-0.2, 0) is 11.3 Å². The predicted molar refractivity (Wildman–Crippen MR) is 108 cm³/mol. The van der Waals surface area contributed by atoms with Crippen molar-refractivity contribution in [2.24, 2.45) is 10.4 Å². The first kappa shape index (κ1) is 22.2. The lowest BCUT2D eigenvalue weighted by molar-refractivity contribution is 0.143. The van der Waals surface area contributed by atoms with Crippen LogP contribution in [0.2, 0.25) is 0 Å². The Morgan fingerprint density at radius 1 is 1.31 bits per heavy atom. The Morgan fingerprint density at radius 3 is 2.73 bits per heavy atom. The van der Waals surface area contributed by atoms with E-state index in [1.54, 1.807) is 13.3 Å². The summed E-state index contributed by atoms with van der Waals surface area (Å²) in [5.41, 5.74) is 1.30. The smallest absolute Gasteiger partial charge is 0.218 e. The molecule has 1 aromatic rings. The monoisotopic (exact) mass is 364 g/mol. The number of aromatic nitrogens is 1. The van der Waals surface area contributed by atoms with E-state index in [4.69, 9.17) is 14.5 Å². The maximum atomic E-state index is 5.68. The minimum absolute atomic E-state index is 0.343. The average Bonchev–Trinajstić information content (AvgIpc) is 2.59. The van der Waals surface area contributed by atoms with Gasteiger partial charge in [-0.3, -0.25) is 0 Å². The zero-order valence-electron chi connectivity index (χ0n) is 17.3. The predicted octanol–water partition coefficient (Wildman–Crippen LogP) is 3.38. The molecule has 6 nitrogen and oxygen atoms in total. The molecular weight excluding hydrogens is 328 g/mol. The highest BCUT2D eigenvalue weighted by Gasteiger charge is 2.13. The molecule has 26 heavy (non-hydrogen) atoms. The summed E-state index contributed by atoms with van der Waals surface area (Å²) in [6.07, 6.45) is 4.00. The van der Waals surface area contributed by atoms with Gasteiger partial charge in [0.15, 0.2) is 5.96 Å². The maximum Gasteiger partial charge on any atom is 0.218 e. The molecule has 0 spiro atoms. The van der Waals surface area contributed by atoms with E-state index < -0.39 is 0 Å². The lowest BCUT2D eigenvalue weighted by Gasteiger charge is -2.23. The summed E-state index contributed by atoms with van der Waals surface area (Å²) < 4.78 is 10.7. The molecule has 0 saturated heterocycles. The van der Waals surface area contributed by atoms with Gasteiger partial charge in [0.25, 0.3) is 0 Å². The number of hydrogen-bond donors (Lipinski definition) is 2. The Kier molecular flexibility index (Phi) is 10.0. The Morgan fingerprint density at radius 2 is 2.08 bits per heavy atom. The Bertz CT molecular complexity index is 541. The number of nitrogens with zero attached hydrogens (tertiary/aromatic N) is 2. The van der Waals surface area contributed by atoms with Crippen molar-refractivity contribution < 1.29 is 9.47 Å². The number of rotatable bonds is 10. The van der Waals surface area contributed by atoms with Crippen molar-refractivity contribution in [3.05, 3.63) is 23.9 Å². The molecule has 0 amide bonds. The third-order valence-electron chi connectivity index (χ3n) is 3.84. The second-order valence-corrected chi connectivity index (χ2v) is 7.65. The minimum Gasteiger partial charge on any atom is -0.475 e. The standard InChI is InChI=1S/C20H36N4O2/c1-7-21-19(24-16(2)10-11-20(3,4)5)23-15-17-9-8-12-22-18(17)26-14-13-25-6/h8-9,12,16H,7,10-11,13-15H2,1-6H3,(H2,21,23,24). The van der Waals surface area contributed by atoms with Crippen LogP contribution in [0.4, 0.5) is 0 Å². The molecule has 0 fully saturated rings. The van der Waals surface area contributed by atoms with Crippen molar-refractivity contribution in [2.75, 3.05) is 26.9 Å². The number of guanidine groups is 1. The number of ether oxygens (including phenoxy) is 2. The summed E-state index contributed by atoms with van der Waals surface area (Å²) in [5.74, 6) is 1.44. The van der Waals surface area contributed by atoms with Crippen LogP contribution in [0, 0.1) is 5.41 Å². The number of nitrogens with one attached hydrogen (secondary N) is 2. The molecule has 1 aromatic heterocycles. The second kappa shape index (κ2) is 11.7. The van der Waals surface area contributed by atoms with E-state index in [0.29, 0.717) is 37.1 Å². The normalized spacial score (nSPS) is 13.4. The molecule has 0 aliphatic carbocycles. The van der Waals surface area contributed by atoms with E-state index in [9.17, 15) is 0 Å². The molecule has 6 heteroatoms. The fourth-order valence-corrected chi connectivity index (χ4v) is 2.34. The van der Waals surface area contributed by atoms with Crippen LogP contribution in [0.25, 0.3) is 0 Å². The summed E-state index contributed by atoms with van der Waals surface area (Å²) in [4.78, 5) is 9.00. The molecule has 0 bridgehead atoms. The van der Waals surface area contributed by atoms with Gasteiger partial charge in [-0.25, -0.2) is 9.98 Å². The molecule has 0 radical (unpaired) electrons. The third kappa shape index (κ3) is 9.61. The van der Waals surface area contributed by atoms with E-state index in [2.05, 4.69) is 50.2 Å². The molecule has 0 saturated carbocycles. The van der Waals surface area contributed by atoms with Crippen molar-refractivity contribution in [3.8, 4) is 5.88 Å². The van der Waals surface area contributed by atoms with E-state index in [-0.39, 0.29) is 0 Å². The third-order valence-corrected chi connectivity index (χ3v) is 3.84. The molecule has 2 N–H and O–H groups in total. The van der Waals surface area contributed by atoms with Gasteiger partial charge in [-0.15, -0.1) is 0 Å². The van der Waals surface area contributed by atoms with Crippen LogP contribution in [0.3, 0.4) is 0 Å². The Labute approximate surface area is 158 Å². The second-order valence-electron chi connectivity index (χ2n) is 7.65. The van der Waals surface area contributed by atoms with Gasteiger partial charge in [0.2, 0.25) is 5.88 Å². The lowest BCUT2D eigenvalue weighted by Crippen LogP contribution is -2.42. The van der Waals surface area contributed by atoms with Crippen molar-refractivity contribution >= 4 is 5.96 Å². The van der Waals surface area contributed by atoms with Crippen molar-refractivity contribution in [1.29, 1.82) is 0 Å². The van der Waals surface area contributed by atoms with Gasteiger partial charge < -0.3 is 20.1 Å². The summed E-state index contributed by atoms with van der Waals surface area (Å²) in [6, 6.07) is 4.25. The van der Waals surface area contributed by atoms with Crippen LogP contribution >= 0.6 is 0 Å². The van der Waals surface area contributed by atoms with Gasteiger partial charge in [-0.2, -0.15) is 0 Å². The average molecular weight is 365 g/mol. The van der Waals surface area contributed by atoms with E-state index >= 15 is 0 Å². The van der Waals surface area contributed by atoms with Crippen LogP contribution in [-0.4, -0.2) is 43.9 Å². The van der Waals surface area contributed by atoms with Crippen molar-refractivity contribution in [1.82, 2.24) is 15.6 Å². The van der Waals surface area contributed by atoms with Crippen molar-refractivity contribution in [2.45, 2.75) is 60.0 Å². The molecule has 0 aromatic carbocycles. The molecule has 1 unspecified atom stereocenters. The summed E-state index contributed by atoms with van der Waals surface area (Å²) >= 11 is 0. The fraction of sp³-hybridized carbons (Fsp3) is 0.700. The SMILES string of the molecule is CCNC(=NCc1cccnc1OCCOC)NC(C)CCC(C)(C)C. The molecule has 0 aliphatic rings. The first-order valence-electron chi connectivity index (χ1n) is 9.46. The van der Waals surface area contributed by atoms with Crippen molar-refractivity contribution in [3.63, 3.8) is 0 Å².